The molecule has 0 heterocycles. The van der Waals surface area contributed by atoms with Crippen molar-refractivity contribution in [1.82, 2.24) is 0 Å². The highest BCUT2D eigenvalue weighted by Gasteiger charge is 2.05. The Kier molecular flexibility index (Phi) is 4.27. The van der Waals surface area contributed by atoms with Crippen LogP contribution in [0.2, 0.25) is 0 Å². The summed E-state index contributed by atoms with van der Waals surface area (Å²) in [6.07, 6.45) is 0. The van der Waals surface area contributed by atoms with Gasteiger partial charge in [0.2, 0.25) is 0 Å². The lowest BCUT2D eigenvalue weighted by atomic mass is 10.2. The van der Waals surface area contributed by atoms with Crippen molar-refractivity contribution >= 4 is 43.6 Å². The van der Waals surface area contributed by atoms with Crippen molar-refractivity contribution in [2.45, 2.75) is 9.79 Å². The quantitative estimate of drug-likeness (QED) is 0.724. The molecule has 2 rings (SSSR count). The van der Waals surface area contributed by atoms with Gasteiger partial charge in [0.05, 0.1) is 5.56 Å². The van der Waals surface area contributed by atoms with Gasteiger partial charge in [0, 0.05) is 18.7 Å². The fourth-order valence-electron chi connectivity index (χ4n) is 1.34. The van der Waals surface area contributed by atoms with E-state index in [4.69, 9.17) is 5.26 Å². The lowest BCUT2D eigenvalue weighted by Crippen LogP contribution is -1.81. The van der Waals surface area contributed by atoms with E-state index in [0.29, 0.717) is 5.56 Å². The van der Waals surface area contributed by atoms with Gasteiger partial charge >= 0.3 is 0 Å². The number of halogens is 2. The van der Waals surface area contributed by atoms with Crippen molar-refractivity contribution in [3.05, 3.63) is 57.0 Å². The van der Waals surface area contributed by atoms with Crippen molar-refractivity contribution in [2.75, 3.05) is 0 Å². The summed E-state index contributed by atoms with van der Waals surface area (Å²) in [6.45, 7) is 0. The zero-order chi connectivity index (χ0) is 12.3. The van der Waals surface area contributed by atoms with Gasteiger partial charge in [0.25, 0.3) is 0 Å². The zero-order valence-corrected chi connectivity index (χ0v) is 12.6. The van der Waals surface area contributed by atoms with E-state index in [1.807, 2.05) is 42.5 Å². The Labute approximate surface area is 121 Å². The number of hydrogen-bond acceptors (Lipinski definition) is 2. The second-order valence-corrected chi connectivity index (χ2v) is 6.26. The third-order valence-corrected chi connectivity index (χ3v) is 4.14. The van der Waals surface area contributed by atoms with Crippen LogP contribution in [0.5, 0.6) is 0 Å². The summed E-state index contributed by atoms with van der Waals surface area (Å²) in [7, 11) is 0. The number of benzene rings is 2. The SMILES string of the molecule is N#Cc1cc(Br)ccc1Sc1cccc(Br)c1. The largest absolute Gasteiger partial charge is 0.192 e. The summed E-state index contributed by atoms with van der Waals surface area (Å²) >= 11 is 8.39. The summed E-state index contributed by atoms with van der Waals surface area (Å²) in [6, 6.07) is 16.0. The van der Waals surface area contributed by atoms with Crippen molar-refractivity contribution in [1.29, 1.82) is 5.26 Å². The molecule has 0 aromatic heterocycles. The summed E-state index contributed by atoms with van der Waals surface area (Å²) in [5, 5.41) is 9.08. The first-order chi connectivity index (χ1) is 8.19. The van der Waals surface area contributed by atoms with E-state index in [0.717, 1.165) is 18.7 Å². The van der Waals surface area contributed by atoms with Gasteiger partial charge < -0.3 is 0 Å². The molecule has 0 spiro atoms. The van der Waals surface area contributed by atoms with Crippen LogP contribution in [0.15, 0.2) is 61.2 Å². The molecule has 4 heteroatoms. The molecule has 0 saturated heterocycles. The van der Waals surface area contributed by atoms with Crippen molar-refractivity contribution in [3.63, 3.8) is 0 Å². The third kappa shape index (κ3) is 3.35. The van der Waals surface area contributed by atoms with Crippen molar-refractivity contribution < 1.29 is 0 Å². The van der Waals surface area contributed by atoms with Gasteiger partial charge in [0.1, 0.15) is 6.07 Å². The molecule has 17 heavy (non-hydrogen) atoms. The van der Waals surface area contributed by atoms with Crippen molar-refractivity contribution in [3.8, 4) is 6.07 Å². The second kappa shape index (κ2) is 5.72. The Balaban J connectivity index is 2.34. The first kappa shape index (κ1) is 12.7. The maximum absolute atomic E-state index is 9.08. The molecule has 0 unspecified atom stereocenters. The van der Waals surface area contributed by atoms with Crippen LogP contribution in [0.25, 0.3) is 0 Å². The van der Waals surface area contributed by atoms with Gasteiger partial charge in [-0.3, -0.25) is 0 Å². The Morgan fingerprint density at radius 2 is 1.76 bits per heavy atom. The van der Waals surface area contributed by atoms with E-state index < -0.39 is 0 Å². The maximum Gasteiger partial charge on any atom is 0.100 e. The lowest BCUT2D eigenvalue weighted by Gasteiger charge is -2.04. The molecule has 0 aliphatic carbocycles. The van der Waals surface area contributed by atoms with Crippen molar-refractivity contribution in [2.24, 2.45) is 0 Å². The summed E-state index contributed by atoms with van der Waals surface area (Å²) < 4.78 is 1.96. The molecule has 0 saturated carbocycles. The highest BCUT2D eigenvalue weighted by atomic mass is 79.9. The number of rotatable bonds is 2. The highest BCUT2D eigenvalue weighted by Crippen LogP contribution is 2.32. The fraction of sp³-hybridized carbons (Fsp3) is 0. The summed E-state index contributed by atoms with van der Waals surface area (Å²) in [5.74, 6) is 0. The van der Waals surface area contributed by atoms with Crippen LogP contribution in [0, 0.1) is 11.3 Å². The third-order valence-electron chi connectivity index (χ3n) is 2.09. The molecule has 0 aliphatic rings. The van der Waals surface area contributed by atoms with E-state index in [2.05, 4.69) is 37.9 Å². The standard InChI is InChI=1S/C13H7Br2NS/c14-10-2-1-3-12(7-10)17-13-5-4-11(15)6-9(13)8-16/h1-7H. The Morgan fingerprint density at radius 1 is 1.00 bits per heavy atom. The summed E-state index contributed by atoms with van der Waals surface area (Å²) in [5.41, 5.74) is 0.685. The Morgan fingerprint density at radius 3 is 2.47 bits per heavy atom. The summed E-state index contributed by atoms with van der Waals surface area (Å²) in [4.78, 5) is 2.08. The van der Waals surface area contributed by atoms with E-state index in [-0.39, 0.29) is 0 Å². The average molecular weight is 369 g/mol. The Bertz CT molecular complexity index is 590. The highest BCUT2D eigenvalue weighted by molar-refractivity contribution is 9.10. The maximum atomic E-state index is 9.08. The molecule has 0 N–H and O–H groups in total. The molecule has 0 fully saturated rings. The van der Waals surface area contributed by atoms with E-state index in [9.17, 15) is 0 Å². The molecular formula is C13H7Br2NS. The monoisotopic (exact) mass is 367 g/mol. The predicted molar refractivity (Wildman–Crippen MR) is 77.1 cm³/mol. The molecular weight excluding hydrogens is 362 g/mol. The average Bonchev–Trinajstić information content (AvgIpc) is 2.31. The molecule has 0 radical (unpaired) electrons. The van der Waals surface area contributed by atoms with Crippen LogP contribution in [-0.2, 0) is 0 Å². The van der Waals surface area contributed by atoms with Gasteiger partial charge in [-0.1, -0.05) is 49.7 Å². The second-order valence-electron chi connectivity index (χ2n) is 3.31. The first-order valence-corrected chi connectivity index (χ1v) is 7.22. The molecule has 2 aromatic carbocycles. The number of nitrogens with zero attached hydrogens (tertiary/aromatic N) is 1. The van der Waals surface area contributed by atoms with Crippen LogP contribution < -0.4 is 0 Å². The predicted octanol–water partition coefficient (Wildman–Crippen LogP) is 5.23. The van der Waals surface area contributed by atoms with Crippen LogP contribution >= 0.6 is 43.6 Å². The van der Waals surface area contributed by atoms with Gasteiger partial charge in [-0.2, -0.15) is 5.26 Å². The normalized spacial score (nSPS) is 9.94. The molecule has 0 bridgehead atoms. The number of nitriles is 1. The van der Waals surface area contributed by atoms with Gasteiger partial charge in [-0.25, -0.2) is 0 Å². The van der Waals surface area contributed by atoms with E-state index in [1.54, 1.807) is 11.8 Å². The van der Waals surface area contributed by atoms with Crippen LogP contribution in [-0.4, -0.2) is 0 Å². The van der Waals surface area contributed by atoms with Gasteiger partial charge in [-0.05, 0) is 36.4 Å². The molecule has 1 nitrogen and oxygen atoms in total. The molecule has 2 aromatic rings. The molecule has 0 atom stereocenters. The molecule has 0 aliphatic heterocycles. The fourth-order valence-corrected chi connectivity index (χ4v) is 3.18. The van der Waals surface area contributed by atoms with Crippen LogP contribution in [0.3, 0.4) is 0 Å². The van der Waals surface area contributed by atoms with Gasteiger partial charge in [0.15, 0.2) is 0 Å². The van der Waals surface area contributed by atoms with Crippen LogP contribution in [0.4, 0.5) is 0 Å². The minimum atomic E-state index is 0.685. The smallest absolute Gasteiger partial charge is 0.100 e. The first-order valence-electron chi connectivity index (χ1n) is 4.82. The van der Waals surface area contributed by atoms with Gasteiger partial charge in [-0.15, -0.1) is 0 Å². The van der Waals surface area contributed by atoms with E-state index >= 15 is 0 Å². The van der Waals surface area contributed by atoms with E-state index in [1.165, 1.54) is 0 Å². The lowest BCUT2D eigenvalue weighted by molar-refractivity contribution is 1.34. The Hall–Kier alpha value is -0.760. The zero-order valence-electron chi connectivity index (χ0n) is 8.65. The molecule has 0 amide bonds. The number of hydrogen-bond donors (Lipinski definition) is 0. The topological polar surface area (TPSA) is 23.8 Å². The minimum Gasteiger partial charge on any atom is -0.192 e. The molecule has 84 valence electrons. The van der Waals surface area contributed by atoms with Crippen LogP contribution in [0.1, 0.15) is 5.56 Å². The minimum absolute atomic E-state index is 0.685.